The van der Waals surface area contributed by atoms with Gasteiger partial charge in [0.25, 0.3) is 0 Å². The molecule has 0 fully saturated rings. The second-order valence-corrected chi connectivity index (χ2v) is 7.25. The number of nitrogens with one attached hydrogen (secondary N) is 1. The van der Waals surface area contributed by atoms with Gasteiger partial charge in [-0.15, -0.1) is 10.2 Å². The number of ether oxygens (including phenoxy) is 1. The van der Waals surface area contributed by atoms with Gasteiger partial charge in [0.1, 0.15) is 11.3 Å². The number of methoxy groups -OCH3 is 1. The van der Waals surface area contributed by atoms with E-state index in [1.165, 1.54) is 11.8 Å². The molecule has 0 aliphatic heterocycles. The summed E-state index contributed by atoms with van der Waals surface area (Å²) in [6.07, 6.45) is 0.333. The third-order valence-corrected chi connectivity index (χ3v) is 5.27. The Balaban J connectivity index is 1.42. The van der Waals surface area contributed by atoms with Crippen molar-refractivity contribution in [2.45, 2.75) is 11.6 Å². The van der Waals surface area contributed by atoms with Gasteiger partial charge in [0.2, 0.25) is 11.1 Å². The number of para-hydroxylation sites is 3. The van der Waals surface area contributed by atoms with Crippen LogP contribution in [0.2, 0.25) is 0 Å². The van der Waals surface area contributed by atoms with Crippen molar-refractivity contribution in [1.82, 2.24) is 19.7 Å². The second kappa shape index (κ2) is 7.85. The summed E-state index contributed by atoms with van der Waals surface area (Å²) in [5, 5.41) is 13.0. The number of aromatic nitrogens is 4. The summed E-state index contributed by atoms with van der Waals surface area (Å²) >= 11 is 1.41. The van der Waals surface area contributed by atoms with E-state index in [0.29, 0.717) is 28.8 Å². The van der Waals surface area contributed by atoms with E-state index in [1.807, 2.05) is 60.1 Å². The third-order valence-electron chi connectivity index (χ3n) is 4.43. The number of amides is 1. The lowest BCUT2D eigenvalue weighted by atomic mass is 10.2. The topological polar surface area (TPSA) is 81.9 Å². The van der Waals surface area contributed by atoms with E-state index in [-0.39, 0.29) is 5.91 Å². The van der Waals surface area contributed by atoms with E-state index in [9.17, 15) is 4.79 Å². The number of aryl methyl sites for hydroxylation is 1. The van der Waals surface area contributed by atoms with Gasteiger partial charge in [-0.1, -0.05) is 42.1 Å². The van der Waals surface area contributed by atoms with Gasteiger partial charge in [-0.05, 0) is 18.2 Å². The summed E-state index contributed by atoms with van der Waals surface area (Å²) in [7, 11) is 3.54. The molecule has 8 heteroatoms. The minimum atomic E-state index is -0.0874. The zero-order valence-electron chi connectivity index (χ0n) is 15.5. The Morgan fingerprint density at radius 2 is 1.93 bits per heavy atom. The number of benzene rings is 2. The fourth-order valence-electron chi connectivity index (χ4n) is 3.05. The van der Waals surface area contributed by atoms with Crippen LogP contribution in [0.15, 0.2) is 53.7 Å². The Bertz CT molecular complexity index is 1160. The average molecular weight is 393 g/mol. The first kappa shape index (κ1) is 18.2. The van der Waals surface area contributed by atoms with Crippen molar-refractivity contribution >= 4 is 45.4 Å². The predicted molar refractivity (Wildman–Crippen MR) is 111 cm³/mol. The molecule has 2 aromatic carbocycles. The molecule has 0 aliphatic carbocycles. The molecule has 0 saturated heterocycles. The monoisotopic (exact) mass is 393 g/mol. The predicted octanol–water partition coefficient (Wildman–Crippen LogP) is 3.65. The van der Waals surface area contributed by atoms with Crippen molar-refractivity contribution in [3.63, 3.8) is 0 Å². The maximum atomic E-state index is 12.2. The molecule has 7 nitrogen and oxygen atoms in total. The first-order valence-corrected chi connectivity index (χ1v) is 9.79. The highest BCUT2D eigenvalue weighted by atomic mass is 32.2. The molecule has 0 spiro atoms. The van der Waals surface area contributed by atoms with E-state index >= 15 is 0 Å². The van der Waals surface area contributed by atoms with E-state index in [2.05, 4.69) is 20.5 Å². The van der Waals surface area contributed by atoms with Crippen LogP contribution in [0.5, 0.6) is 5.75 Å². The molecule has 1 amide bonds. The number of anilines is 1. The molecule has 1 N–H and O–H groups in total. The standard InChI is InChI=1S/C20H19N5O2S/c1-25-15-9-5-3-7-13(15)18-19(25)22-20(24-23-18)28-12-11-17(26)21-14-8-4-6-10-16(14)27-2/h3-10H,11-12H2,1-2H3,(H,21,26). The van der Waals surface area contributed by atoms with Crippen molar-refractivity contribution in [2.24, 2.45) is 7.05 Å². The van der Waals surface area contributed by atoms with Gasteiger partial charge in [-0.25, -0.2) is 4.98 Å². The first-order chi connectivity index (χ1) is 13.7. The number of thioether (sulfide) groups is 1. The van der Waals surface area contributed by atoms with Crippen LogP contribution in [0.1, 0.15) is 6.42 Å². The summed E-state index contributed by atoms with van der Waals surface area (Å²) in [5.74, 6) is 1.10. The summed E-state index contributed by atoms with van der Waals surface area (Å²) in [4.78, 5) is 16.8. The minimum absolute atomic E-state index is 0.0874. The summed E-state index contributed by atoms with van der Waals surface area (Å²) in [6.45, 7) is 0. The zero-order chi connectivity index (χ0) is 19.5. The van der Waals surface area contributed by atoms with Gasteiger partial charge >= 0.3 is 0 Å². The van der Waals surface area contributed by atoms with Crippen LogP contribution < -0.4 is 10.1 Å². The van der Waals surface area contributed by atoms with Crippen LogP contribution in [-0.4, -0.2) is 38.5 Å². The number of rotatable bonds is 6. The highest BCUT2D eigenvalue weighted by Gasteiger charge is 2.13. The number of hydrogen-bond donors (Lipinski definition) is 1. The Kier molecular flexibility index (Phi) is 5.12. The van der Waals surface area contributed by atoms with Gasteiger partial charge in [0.15, 0.2) is 5.65 Å². The average Bonchev–Trinajstić information content (AvgIpc) is 3.01. The fourth-order valence-corrected chi connectivity index (χ4v) is 3.77. The van der Waals surface area contributed by atoms with Gasteiger partial charge in [-0.3, -0.25) is 4.79 Å². The molecular formula is C20H19N5O2S. The molecule has 142 valence electrons. The lowest BCUT2D eigenvalue weighted by Gasteiger charge is -2.09. The summed E-state index contributed by atoms with van der Waals surface area (Å²) < 4.78 is 7.26. The van der Waals surface area contributed by atoms with Crippen molar-refractivity contribution < 1.29 is 9.53 Å². The number of carbonyl (C=O) groups is 1. The van der Waals surface area contributed by atoms with Gasteiger partial charge in [0.05, 0.1) is 18.3 Å². The molecule has 0 radical (unpaired) electrons. The lowest BCUT2D eigenvalue weighted by Crippen LogP contribution is -2.13. The van der Waals surface area contributed by atoms with E-state index < -0.39 is 0 Å². The molecule has 4 rings (SSSR count). The Morgan fingerprint density at radius 1 is 1.14 bits per heavy atom. The highest BCUT2D eigenvalue weighted by molar-refractivity contribution is 7.99. The number of hydrogen-bond acceptors (Lipinski definition) is 6. The van der Waals surface area contributed by atoms with Crippen molar-refractivity contribution in [3.8, 4) is 5.75 Å². The molecular weight excluding hydrogens is 374 g/mol. The maximum Gasteiger partial charge on any atom is 0.225 e. The van der Waals surface area contributed by atoms with E-state index in [4.69, 9.17) is 4.74 Å². The Hall–Kier alpha value is -3.13. The molecule has 0 saturated carbocycles. The number of nitrogens with zero attached hydrogens (tertiary/aromatic N) is 4. The zero-order valence-corrected chi connectivity index (χ0v) is 16.4. The molecule has 2 aromatic heterocycles. The third kappa shape index (κ3) is 3.50. The summed E-state index contributed by atoms with van der Waals surface area (Å²) in [6, 6.07) is 15.4. The van der Waals surface area contributed by atoms with Crippen molar-refractivity contribution in [1.29, 1.82) is 0 Å². The molecule has 0 atom stereocenters. The number of fused-ring (bicyclic) bond motifs is 3. The quantitative estimate of drug-likeness (QED) is 0.504. The van der Waals surface area contributed by atoms with E-state index in [1.54, 1.807) is 7.11 Å². The van der Waals surface area contributed by atoms with Crippen LogP contribution in [0.4, 0.5) is 5.69 Å². The first-order valence-electron chi connectivity index (χ1n) is 8.81. The van der Waals surface area contributed by atoms with Crippen molar-refractivity contribution in [3.05, 3.63) is 48.5 Å². The SMILES string of the molecule is COc1ccccc1NC(=O)CCSc1nnc2c3ccccc3n(C)c2n1. The Morgan fingerprint density at radius 3 is 2.79 bits per heavy atom. The normalized spacial score (nSPS) is 11.1. The minimum Gasteiger partial charge on any atom is -0.495 e. The maximum absolute atomic E-state index is 12.2. The van der Waals surface area contributed by atoms with E-state index in [0.717, 1.165) is 22.1 Å². The Labute approximate surface area is 166 Å². The molecule has 2 heterocycles. The van der Waals surface area contributed by atoms with Crippen molar-refractivity contribution in [2.75, 3.05) is 18.2 Å². The largest absolute Gasteiger partial charge is 0.495 e. The van der Waals surface area contributed by atoms with Crippen LogP contribution in [0.3, 0.4) is 0 Å². The second-order valence-electron chi connectivity index (χ2n) is 6.19. The fraction of sp³-hybridized carbons (Fsp3) is 0.200. The molecule has 0 bridgehead atoms. The van der Waals surface area contributed by atoms with Gasteiger partial charge in [-0.2, -0.15) is 0 Å². The van der Waals surface area contributed by atoms with Crippen LogP contribution in [0.25, 0.3) is 22.1 Å². The molecule has 28 heavy (non-hydrogen) atoms. The van der Waals surface area contributed by atoms with Gasteiger partial charge < -0.3 is 14.6 Å². The van der Waals surface area contributed by atoms with Gasteiger partial charge in [0, 0.05) is 24.6 Å². The molecule has 4 aromatic rings. The highest BCUT2D eigenvalue weighted by Crippen LogP contribution is 2.26. The van der Waals surface area contributed by atoms with Crippen LogP contribution in [-0.2, 0) is 11.8 Å². The lowest BCUT2D eigenvalue weighted by molar-refractivity contribution is -0.115. The smallest absolute Gasteiger partial charge is 0.225 e. The molecule has 0 aliphatic rings. The number of carbonyl (C=O) groups excluding carboxylic acids is 1. The van der Waals surface area contributed by atoms with Crippen LogP contribution >= 0.6 is 11.8 Å². The molecule has 0 unspecified atom stereocenters. The van der Waals surface area contributed by atoms with Crippen LogP contribution in [0, 0.1) is 0 Å². The summed E-state index contributed by atoms with van der Waals surface area (Å²) in [5.41, 5.74) is 3.31.